The summed E-state index contributed by atoms with van der Waals surface area (Å²) in [6.45, 7) is 5.95. The van der Waals surface area contributed by atoms with E-state index >= 15 is 0 Å². The highest BCUT2D eigenvalue weighted by Gasteiger charge is 2.16. The van der Waals surface area contributed by atoms with Crippen molar-refractivity contribution in [1.82, 2.24) is 19.7 Å². The Balaban J connectivity index is 1.73. The van der Waals surface area contributed by atoms with Crippen molar-refractivity contribution in [3.8, 4) is 11.5 Å². The molecule has 0 radical (unpaired) electrons. The number of aromatic nitrogens is 4. The van der Waals surface area contributed by atoms with Crippen LogP contribution in [0, 0.1) is 0 Å². The van der Waals surface area contributed by atoms with Crippen molar-refractivity contribution in [3.05, 3.63) is 40.7 Å². The number of hydrogen-bond donors (Lipinski definition) is 1. The lowest BCUT2D eigenvalue weighted by Gasteiger charge is -2.04. The van der Waals surface area contributed by atoms with Crippen LogP contribution < -0.4 is 5.32 Å². The zero-order valence-electron chi connectivity index (χ0n) is 13.6. The number of benzene rings is 1. The van der Waals surface area contributed by atoms with Crippen molar-refractivity contribution in [2.45, 2.75) is 33.1 Å². The number of anilines is 1. The van der Waals surface area contributed by atoms with Crippen LogP contribution in [-0.2, 0) is 6.42 Å². The lowest BCUT2D eigenvalue weighted by atomic mass is 10.2. The average Bonchev–Trinajstić information content (AvgIpc) is 3.24. The fourth-order valence-corrected chi connectivity index (χ4v) is 2.73. The smallest absolute Gasteiger partial charge is 0.269 e. The fraction of sp³-hybridized carbons (Fsp3) is 0.312. The first-order chi connectivity index (χ1) is 11.6. The second kappa shape index (κ2) is 6.88. The van der Waals surface area contributed by atoms with Gasteiger partial charge in [-0.05, 0) is 42.2 Å². The van der Waals surface area contributed by atoms with Gasteiger partial charge < -0.3 is 9.84 Å². The molecule has 0 fully saturated rings. The van der Waals surface area contributed by atoms with Crippen LogP contribution in [0.4, 0.5) is 5.69 Å². The van der Waals surface area contributed by atoms with Gasteiger partial charge in [0.2, 0.25) is 0 Å². The zero-order valence-corrected chi connectivity index (χ0v) is 14.4. The van der Waals surface area contributed by atoms with E-state index in [1.54, 1.807) is 12.1 Å². The van der Waals surface area contributed by atoms with E-state index in [0.29, 0.717) is 34.4 Å². The Morgan fingerprint density at radius 2 is 2.04 bits per heavy atom. The van der Waals surface area contributed by atoms with Gasteiger partial charge in [0.15, 0.2) is 5.82 Å². The number of hydrogen-bond acceptors (Lipinski definition) is 7. The largest absolute Gasteiger partial charge is 0.334 e. The van der Waals surface area contributed by atoms with Gasteiger partial charge in [0.1, 0.15) is 4.88 Å². The molecule has 124 valence electrons. The zero-order chi connectivity index (χ0) is 17.1. The van der Waals surface area contributed by atoms with E-state index in [1.807, 2.05) is 32.9 Å². The molecule has 1 amide bonds. The number of carbonyl (C=O) groups is 1. The Hall–Kier alpha value is -2.61. The Morgan fingerprint density at radius 3 is 2.67 bits per heavy atom. The van der Waals surface area contributed by atoms with Crippen LogP contribution >= 0.6 is 11.5 Å². The predicted octanol–water partition coefficient (Wildman–Crippen LogP) is 3.53. The van der Waals surface area contributed by atoms with Gasteiger partial charge in [-0.15, -0.1) is 5.10 Å². The van der Waals surface area contributed by atoms with Crippen LogP contribution in [0.3, 0.4) is 0 Å². The van der Waals surface area contributed by atoms with E-state index in [-0.39, 0.29) is 11.8 Å². The Kier molecular flexibility index (Phi) is 4.66. The molecule has 0 atom stereocenters. The number of amides is 1. The number of nitrogens with one attached hydrogen (secondary N) is 1. The molecule has 0 aliphatic rings. The molecule has 1 aromatic carbocycles. The summed E-state index contributed by atoms with van der Waals surface area (Å²) in [4.78, 5) is 17.2. The molecular weight excluding hydrogens is 326 g/mol. The van der Waals surface area contributed by atoms with Crippen molar-refractivity contribution in [2.75, 3.05) is 5.32 Å². The molecule has 3 rings (SSSR count). The fourth-order valence-electron chi connectivity index (χ4n) is 2.08. The summed E-state index contributed by atoms with van der Waals surface area (Å²) in [5.41, 5.74) is 2.20. The van der Waals surface area contributed by atoms with E-state index in [1.165, 1.54) is 0 Å². The number of aryl methyl sites for hydroxylation is 1. The molecule has 2 aromatic heterocycles. The summed E-state index contributed by atoms with van der Waals surface area (Å²) >= 11 is 1.10. The quantitative estimate of drug-likeness (QED) is 0.761. The van der Waals surface area contributed by atoms with Crippen LogP contribution in [0.2, 0.25) is 0 Å². The molecule has 0 aliphatic carbocycles. The monoisotopic (exact) mass is 343 g/mol. The second-order valence-electron chi connectivity index (χ2n) is 5.55. The van der Waals surface area contributed by atoms with Crippen LogP contribution in [0.25, 0.3) is 11.5 Å². The minimum atomic E-state index is -0.200. The molecule has 0 saturated carbocycles. The third-order valence-corrected chi connectivity index (χ3v) is 4.21. The lowest BCUT2D eigenvalue weighted by molar-refractivity contribution is 0.102. The molecular formula is C16H17N5O2S. The predicted molar refractivity (Wildman–Crippen MR) is 91.1 cm³/mol. The maximum Gasteiger partial charge on any atom is 0.269 e. The van der Waals surface area contributed by atoms with Gasteiger partial charge in [0, 0.05) is 17.2 Å². The van der Waals surface area contributed by atoms with Crippen LogP contribution in [-0.4, -0.2) is 25.6 Å². The number of nitrogens with zero attached hydrogens (tertiary/aromatic N) is 4. The molecule has 8 heteroatoms. The number of rotatable bonds is 5. The highest BCUT2D eigenvalue weighted by molar-refractivity contribution is 7.08. The molecule has 3 aromatic rings. The Labute approximate surface area is 143 Å². The Bertz CT molecular complexity index is 838. The van der Waals surface area contributed by atoms with E-state index in [4.69, 9.17) is 4.52 Å². The van der Waals surface area contributed by atoms with Gasteiger partial charge in [-0.2, -0.15) is 4.98 Å². The summed E-state index contributed by atoms with van der Waals surface area (Å²) < 4.78 is 9.09. The summed E-state index contributed by atoms with van der Waals surface area (Å²) in [6.07, 6.45) is 0.674. The topological polar surface area (TPSA) is 93.8 Å². The molecule has 1 N–H and O–H groups in total. The normalized spacial score (nSPS) is 11.0. The first kappa shape index (κ1) is 16.3. The molecule has 2 heterocycles. The van der Waals surface area contributed by atoms with Gasteiger partial charge in [-0.25, -0.2) is 0 Å². The van der Waals surface area contributed by atoms with E-state index in [0.717, 1.165) is 17.1 Å². The van der Waals surface area contributed by atoms with E-state index in [9.17, 15) is 4.79 Å². The van der Waals surface area contributed by atoms with Gasteiger partial charge in [0.25, 0.3) is 11.8 Å². The first-order valence-corrected chi connectivity index (χ1v) is 8.42. The lowest BCUT2D eigenvalue weighted by Crippen LogP contribution is -2.12. The summed E-state index contributed by atoms with van der Waals surface area (Å²) in [7, 11) is 0. The average molecular weight is 343 g/mol. The number of carbonyl (C=O) groups excluding carboxylic acids is 1. The van der Waals surface area contributed by atoms with Crippen molar-refractivity contribution >= 4 is 23.1 Å². The minimum Gasteiger partial charge on any atom is -0.334 e. The summed E-state index contributed by atoms with van der Waals surface area (Å²) in [6, 6.07) is 7.26. The molecule has 0 saturated heterocycles. The molecule has 0 unspecified atom stereocenters. The molecule has 24 heavy (non-hydrogen) atoms. The standard InChI is InChI=1S/C16H17N5O2S/c1-4-12-13(24-21-19-12)15(22)17-11-7-5-10(6-8-11)16-18-14(9(2)3)20-23-16/h5-9H,4H2,1-3H3,(H,17,22). The van der Waals surface area contributed by atoms with Gasteiger partial charge in [0.05, 0.1) is 5.69 Å². The van der Waals surface area contributed by atoms with E-state index < -0.39 is 0 Å². The van der Waals surface area contributed by atoms with Gasteiger partial charge in [-0.3, -0.25) is 4.79 Å². The molecule has 0 aliphatic heterocycles. The van der Waals surface area contributed by atoms with Gasteiger partial charge in [-0.1, -0.05) is 30.4 Å². The third-order valence-electron chi connectivity index (χ3n) is 3.44. The van der Waals surface area contributed by atoms with Crippen molar-refractivity contribution in [1.29, 1.82) is 0 Å². The summed E-state index contributed by atoms with van der Waals surface area (Å²) in [5, 5.41) is 10.7. The van der Waals surface area contributed by atoms with Crippen LogP contribution in [0.15, 0.2) is 28.8 Å². The minimum absolute atomic E-state index is 0.200. The molecule has 7 nitrogen and oxygen atoms in total. The maximum absolute atomic E-state index is 12.3. The third kappa shape index (κ3) is 3.33. The van der Waals surface area contributed by atoms with Crippen molar-refractivity contribution in [3.63, 3.8) is 0 Å². The Morgan fingerprint density at radius 1 is 1.29 bits per heavy atom. The first-order valence-electron chi connectivity index (χ1n) is 7.65. The highest BCUT2D eigenvalue weighted by Crippen LogP contribution is 2.22. The molecule has 0 bridgehead atoms. The molecule has 0 spiro atoms. The van der Waals surface area contributed by atoms with Crippen molar-refractivity contribution in [2.24, 2.45) is 0 Å². The van der Waals surface area contributed by atoms with E-state index in [2.05, 4.69) is 25.0 Å². The van der Waals surface area contributed by atoms with Crippen molar-refractivity contribution < 1.29 is 9.32 Å². The SMILES string of the molecule is CCc1nnsc1C(=O)Nc1ccc(-c2nc(C(C)C)no2)cc1. The summed E-state index contributed by atoms with van der Waals surface area (Å²) in [5.74, 6) is 1.15. The highest BCUT2D eigenvalue weighted by atomic mass is 32.1. The van der Waals surface area contributed by atoms with Crippen LogP contribution in [0.5, 0.6) is 0 Å². The van der Waals surface area contributed by atoms with Gasteiger partial charge >= 0.3 is 0 Å². The maximum atomic E-state index is 12.3. The van der Waals surface area contributed by atoms with Crippen LogP contribution in [0.1, 0.15) is 47.9 Å². The second-order valence-corrected chi connectivity index (χ2v) is 6.30.